The monoisotopic (exact) mass is 314 g/mol. The van der Waals surface area contributed by atoms with E-state index in [4.69, 9.17) is 0 Å². The molecule has 0 aromatic heterocycles. The minimum Gasteiger partial charge on any atom is -0.326 e. The van der Waals surface area contributed by atoms with Gasteiger partial charge in [0.2, 0.25) is 5.91 Å². The summed E-state index contributed by atoms with van der Waals surface area (Å²) in [5.74, 6) is 2.61. The maximum Gasteiger partial charge on any atom is 0.241 e. The number of nitrogens with one attached hydrogen (secondary N) is 1. The topological polar surface area (TPSA) is 32.3 Å². The Morgan fingerprint density at radius 1 is 1.24 bits per heavy atom. The van der Waals surface area contributed by atoms with Gasteiger partial charge in [0.25, 0.3) is 0 Å². The fraction of sp³-hybridized carbons (Fsp3) is 0.941. The summed E-state index contributed by atoms with van der Waals surface area (Å²) in [6.07, 6.45) is 8.15. The zero-order chi connectivity index (χ0) is 15.8. The predicted molar refractivity (Wildman–Crippen MR) is 93.6 cm³/mol. The zero-order valence-electron chi connectivity index (χ0n) is 14.5. The highest BCUT2D eigenvalue weighted by atomic mass is 32.2. The van der Waals surface area contributed by atoms with E-state index in [9.17, 15) is 4.79 Å². The second-order valence-electron chi connectivity index (χ2n) is 6.76. The highest BCUT2D eigenvalue weighted by Crippen LogP contribution is 2.23. The smallest absolute Gasteiger partial charge is 0.241 e. The number of carbonyl (C=O) groups is 1. The molecule has 1 aliphatic rings. The maximum absolute atomic E-state index is 12.7. The number of amides is 1. The van der Waals surface area contributed by atoms with Crippen LogP contribution >= 0.6 is 11.8 Å². The van der Waals surface area contributed by atoms with E-state index in [2.05, 4.69) is 44.2 Å². The molecule has 1 fully saturated rings. The number of carbonyl (C=O) groups excluding carboxylic acids is 1. The van der Waals surface area contributed by atoms with Crippen LogP contribution in [0.1, 0.15) is 59.8 Å². The van der Waals surface area contributed by atoms with Crippen molar-refractivity contribution in [3.8, 4) is 0 Å². The lowest BCUT2D eigenvalue weighted by Crippen LogP contribution is -2.39. The summed E-state index contributed by atoms with van der Waals surface area (Å²) in [5.41, 5.74) is 0. The summed E-state index contributed by atoms with van der Waals surface area (Å²) in [6, 6.07) is 0.0324. The second kappa shape index (κ2) is 9.73. The zero-order valence-corrected chi connectivity index (χ0v) is 15.3. The van der Waals surface area contributed by atoms with Crippen molar-refractivity contribution in [2.24, 2.45) is 11.8 Å². The first-order valence-electron chi connectivity index (χ1n) is 8.56. The molecule has 1 amide bonds. The van der Waals surface area contributed by atoms with E-state index in [1.54, 1.807) is 0 Å². The van der Waals surface area contributed by atoms with E-state index in [1.807, 2.05) is 11.8 Å². The summed E-state index contributed by atoms with van der Waals surface area (Å²) in [4.78, 5) is 14.8. The molecular weight excluding hydrogens is 280 g/mol. The van der Waals surface area contributed by atoms with E-state index in [0.717, 1.165) is 25.8 Å². The molecule has 0 spiro atoms. The van der Waals surface area contributed by atoms with Gasteiger partial charge in [-0.05, 0) is 43.1 Å². The summed E-state index contributed by atoms with van der Waals surface area (Å²) in [6.45, 7) is 9.75. The fourth-order valence-electron chi connectivity index (χ4n) is 2.96. The van der Waals surface area contributed by atoms with Crippen molar-refractivity contribution in [2.45, 2.75) is 72.0 Å². The van der Waals surface area contributed by atoms with Crippen molar-refractivity contribution in [2.75, 3.05) is 18.6 Å². The Kier molecular flexibility index (Phi) is 8.72. The molecule has 0 aromatic rings. The molecule has 1 rings (SSSR count). The highest BCUT2D eigenvalue weighted by Gasteiger charge is 2.40. The van der Waals surface area contributed by atoms with Gasteiger partial charge in [0.05, 0.1) is 12.2 Å². The van der Waals surface area contributed by atoms with Crippen molar-refractivity contribution in [3.63, 3.8) is 0 Å². The normalized spacial score (nSPS) is 24.1. The van der Waals surface area contributed by atoms with Gasteiger partial charge < -0.3 is 4.90 Å². The number of nitrogens with zero attached hydrogens (tertiary/aromatic N) is 1. The number of thioether (sulfide) groups is 1. The van der Waals surface area contributed by atoms with E-state index in [1.165, 1.54) is 18.6 Å². The molecule has 1 N–H and O–H groups in total. The Balaban J connectivity index is 2.55. The molecule has 124 valence electrons. The lowest BCUT2D eigenvalue weighted by atomic mass is 9.99. The molecule has 3 nitrogen and oxygen atoms in total. The van der Waals surface area contributed by atoms with Gasteiger partial charge in [-0.15, -0.1) is 0 Å². The molecule has 0 aliphatic carbocycles. The Morgan fingerprint density at radius 3 is 2.52 bits per heavy atom. The third kappa shape index (κ3) is 5.82. The molecule has 3 atom stereocenters. The van der Waals surface area contributed by atoms with Crippen molar-refractivity contribution >= 4 is 17.7 Å². The Hall–Kier alpha value is -0.220. The van der Waals surface area contributed by atoms with Gasteiger partial charge in [0.15, 0.2) is 0 Å². The molecule has 1 saturated heterocycles. The summed E-state index contributed by atoms with van der Waals surface area (Å²) >= 11 is 1.91. The number of hydrogen-bond acceptors (Lipinski definition) is 3. The lowest BCUT2D eigenvalue weighted by Gasteiger charge is -2.25. The van der Waals surface area contributed by atoms with Crippen molar-refractivity contribution in [1.29, 1.82) is 0 Å². The van der Waals surface area contributed by atoms with E-state index >= 15 is 0 Å². The van der Waals surface area contributed by atoms with E-state index in [0.29, 0.717) is 17.7 Å². The van der Waals surface area contributed by atoms with Crippen LogP contribution in [0.15, 0.2) is 0 Å². The van der Waals surface area contributed by atoms with Crippen LogP contribution in [-0.4, -0.2) is 41.6 Å². The summed E-state index contributed by atoms with van der Waals surface area (Å²) in [7, 11) is 0. The largest absolute Gasteiger partial charge is 0.326 e. The van der Waals surface area contributed by atoms with Gasteiger partial charge in [0, 0.05) is 6.54 Å². The van der Waals surface area contributed by atoms with Gasteiger partial charge in [-0.25, -0.2) is 0 Å². The van der Waals surface area contributed by atoms with Crippen molar-refractivity contribution in [1.82, 2.24) is 10.2 Å². The predicted octanol–water partition coefficient (Wildman–Crippen LogP) is 3.74. The van der Waals surface area contributed by atoms with Crippen LogP contribution in [0.25, 0.3) is 0 Å². The number of unbranched alkanes of at least 4 members (excludes halogenated alkanes) is 2. The first-order chi connectivity index (χ1) is 10.0. The van der Waals surface area contributed by atoms with E-state index < -0.39 is 0 Å². The standard InChI is InChI=1S/C17H34N2OS/c1-6-14(4)16-17(20)19(10-8-7-9-11-21-5)15(18-16)12-13(2)3/h13-16,18H,6-12H2,1-5H3. The number of rotatable bonds is 10. The van der Waals surface area contributed by atoms with Crippen LogP contribution in [-0.2, 0) is 4.79 Å². The van der Waals surface area contributed by atoms with Crippen molar-refractivity contribution in [3.05, 3.63) is 0 Å². The average Bonchev–Trinajstić information content (AvgIpc) is 2.74. The summed E-state index contributed by atoms with van der Waals surface area (Å²) < 4.78 is 0. The fourth-order valence-corrected chi connectivity index (χ4v) is 3.45. The van der Waals surface area contributed by atoms with Crippen LogP contribution in [0, 0.1) is 11.8 Å². The van der Waals surface area contributed by atoms with Crippen LogP contribution in [0.2, 0.25) is 0 Å². The van der Waals surface area contributed by atoms with Gasteiger partial charge in [-0.2, -0.15) is 11.8 Å². The molecule has 4 heteroatoms. The molecular formula is C17H34N2OS. The molecule has 0 bridgehead atoms. The van der Waals surface area contributed by atoms with Crippen LogP contribution in [0.4, 0.5) is 0 Å². The quantitative estimate of drug-likeness (QED) is 0.624. The Labute approximate surface area is 135 Å². The van der Waals surface area contributed by atoms with Gasteiger partial charge in [-0.3, -0.25) is 10.1 Å². The van der Waals surface area contributed by atoms with Crippen LogP contribution in [0.5, 0.6) is 0 Å². The first-order valence-corrected chi connectivity index (χ1v) is 9.96. The molecule has 0 saturated carbocycles. The summed E-state index contributed by atoms with van der Waals surface area (Å²) in [5, 5.41) is 3.60. The third-order valence-corrected chi connectivity index (χ3v) is 5.15. The van der Waals surface area contributed by atoms with Gasteiger partial charge in [0.1, 0.15) is 0 Å². The molecule has 1 aliphatic heterocycles. The van der Waals surface area contributed by atoms with Gasteiger partial charge >= 0.3 is 0 Å². The SMILES string of the molecule is CCC(C)C1NC(CC(C)C)N(CCCCCSC)C1=O. The Bertz CT molecular complexity index is 309. The van der Waals surface area contributed by atoms with Crippen LogP contribution in [0.3, 0.4) is 0 Å². The lowest BCUT2D eigenvalue weighted by molar-refractivity contribution is -0.131. The molecule has 1 heterocycles. The van der Waals surface area contributed by atoms with E-state index in [-0.39, 0.29) is 12.2 Å². The highest BCUT2D eigenvalue weighted by molar-refractivity contribution is 7.98. The molecule has 0 aromatic carbocycles. The molecule has 0 radical (unpaired) electrons. The second-order valence-corrected chi connectivity index (χ2v) is 7.75. The third-order valence-electron chi connectivity index (χ3n) is 4.45. The number of hydrogen-bond donors (Lipinski definition) is 1. The van der Waals surface area contributed by atoms with Crippen LogP contribution < -0.4 is 5.32 Å². The minimum atomic E-state index is 0.0324. The molecule has 21 heavy (non-hydrogen) atoms. The molecule has 3 unspecified atom stereocenters. The Morgan fingerprint density at radius 2 is 1.95 bits per heavy atom. The minimum absolute atomic E-state index is 0.0324. The van der Waals surface area contributed by atoms with Crippen molar-refractivity contribution < 1.29 is 4.79 Å². The first kappa shape index (κ1) is 18.8. The maximum atomic E-state index is 12.7. The van der Waals surface area contributed by atoms with Gasteiger partial charge in [-0.1, -0.05) is 40.5 Å². The average molecular weight is 315 g/mol.